The number of hydrogen-bond donors (Lipinski definition) is 0. The number of ether oxygens (including phenoxy) is 1. The second-order valence-electron chi connectivity index (χ2n) is 2.59. The number of Topliss-reactive ketones (excluding diaryl/α,β-unsaturated/α-hetero) is 1. The first-order chi connectivity index (χ1) is 5.81. The van der Waals surface area contributed by atoms with E-state index in [-0.39, 0.29) is 12.4 Å². The Hall–Kier alpha value is -1.64. The third-order valence-electron chi connectivity index (χ3n) is 1.80. The van der Waals surface area contributed by atoms with Gasteiger partial charge in [-0.1, -0.05) is 0 Å². The van der Waals surface area contributed by atoms with Crippen molar-refractivity contribution in [2.24, 2.45) is 0 Å². The zero-order valence-electron chi connectivity index (χ0n) is 6.24. The highest BCUT2D eigenvalue weighted by molar-refractivity contribution is 6.03. The Morgan fingerprint density at radius 3 is 3.00 bits per heavy atom. The number of benzene rings is 1. The van der Waals surface area contributed by atoms with Crippen molar-refractivity contribution in [3.8, 4) is 5.75 Å². The van der Waals surface area contributed by atoms with Gasteiger partial charge in [0.15, 0.2) is 6.61 Å². The van der Waals surface area contributed by atoms with Crippen LogP contribution < -0.4 is 4.74 Å². The average molecular weight is 162 g/mol. The predicted molar refractivity (Wildman–Crippen MR) is 41.7 cm³/mol. The van der Waals surface area contributed by atoms with Gasteiger partial charge in [-0.25, -0.2) is 0 Å². The summed E-state index contributed by atoms with van der Waals surface area (Å²) in [7, 11) is 0. The Morgan fingerprint density at radius 1 is 1.42 bits per heavy atom. The van der Waals surface area contributed by atoms with Crippen LogP contribution in [0.25, 0.3) is 0 Å². The predicted octanol–water partition coefficient (Wildman–Crippen LogP) is 1.07. The quantitative estimate of drug-likeness (QED) is 0.580. The molecule has 0 unspecified atom stereocenters. The van der Waals surface area contributed by atoms with E-state index in [4.69, 9.17) is 4.74 Å². The first kappa shape index (κ1) is 7.03. The largest absolute Gasteiger partial charge is 0.485 e. The van der Waals surface area contributed by atoms with Gasteiger partial charge in [0.2, 0.25) is 5.78 Å². The molecule has 1 aromatic rings. The molecule has 0 aliphatic carbocycles. The van der Waals surface area contributed by atoms with Crippen molar-refractivity contribution in [3.63, 3.8) is 0 Å². The molecule has 0 bridgehead atoms. The molecule has 0 aromatic heterocycles. The molecule has 60 valence electrons. The second kappa shape index (κ2) is 2.44. The van der Waals surface area contributed by atoms with Gasteiger partial charge in [-0.05, 0) is 18.2 Å². The van der Waals surface area contributed by atoms with E-state index in [1.165, 1.54) is 0 Å². The fraction of sp³-hybridized carbons (Fsp3) is 0.111. The van der Waals surface area contributed by atoms with Gasteiger partial charge >= 0.3 is 0 Å². The molecule has 12 heavy (non-hydrogen) atoms. The maximum atomic E-state index is 11.1. The summed E-state index contributed by atoms with van der Waals surface area (Å²) < 4.78 is 5.04. The zero-order chi connectivity index (χ0) is 8.55. The van der Waals surface area contributed by atoms with Crippen molar-refractivity contribution in [2.75, 3.05) is 6.61 Å². The highest BCUT2D eigenvalue weighted by Gasteiger charge is 2.20. The van der Waals surface area contributed by atoms with Gasteiger partial charge in [0.1, 0.15) is 12.0 Å². The second-order valence-corrected chi connectivity index (χ2v) is 2.59. The van der Waals surface area contributed by atoms with Gasteiger partial charge in [0, 0.05) is 5.56 Å². The smallest absolute Gasteiger partial charge is 0.203 e. The van der Waals surface area contributed by atoms with Gasteiger partial charge in [-0.15, -0.1) is 0 Å². The van der Waals surface area contributed by atoms with E-state index in [0.717, 1.165) is 0 Å². The van der Waals surface area contributed by atoms with Crippen molar-refractivity contribution in [3.05, 3.63) is 29.3 Å². The van der Waals surface area contributed by atoms with Crippen LogP contribution in [0.2, 0.25) is 0 Å². The summed E-state index contributed by atoms with van der Waals surface area (Å²) >= 11 is 0. The normalized spacial score (nSPS) is 13.8. The van der Waals surface area contributed by atoms with Crippen LogP contribution in [0.5, 0.6) is 5.75 Å². The summed E-state index contributed by atoms with van der Waals surface area (Å²) in [5, 5.41) is 0. The van der Waals surface area contributed by atoms with Gasteiger partial charge in [-0.2, -0.15) is 0 Å². The number of rotatable bonds is 1. The number of hydrogen-bond acceptors (Lipinski definition) is 3. The van der Waals surface area contributed by atoms with E-state index in [2.05, 4.69) is 0 Å². The first-order valence-corrected chi connectivity index (χ1v) is 3.56. The van der Waals surface area contributed by atoms with E-state index >= 15 is 0 Å². The molecule has 1 aliphatic rings. The Morgan fingerprint density at radius 2 is 2.25 bits per heavy atom. The Kier molecular flexibility index (Phi) is 1.43. The molecule has 1 aliphatic heterocycles. The van der Waals surface area contributed by atoms with Crippen molar-refractivity contribution < 1.29 is 14.3 Å². The Bertz CT molecular complexity index is 355. The van der Waals surface area contributed by atoms with Crippen molar-refractivity contribution >= 4 is 12.1 Å². The highest BCUT2D eigenvalue weighted by atomic mass is 16.5. The molecule has 1 heterocycles. The minimum Gasteiger partial charge on any atom is -0.485 e. The number of ketones is 1. The molecule has 1 aromatic carbocycles. The molecule has 3 nitrogen and oxygen atoms in total. The Labute approximate surface area is 69.0 Å². The third-order valence-corrected chi connectivity index (χ3v) is 1.80. The fourth-order valence-electron chi connectivity index (χ4n) is 1.19. The number of carbonyl (C=O) groups is 2. The topological polar surface area (TPSA) is 43.4 Å². The number of carbonyl (C=O) groups excluding carboxylic acids is 2. The molecule has 0 saturated carbocycles. The molecule has 0 radical (unpaired) electrons. The van der Waals surface area contributed by atoms with E-state index < -0.39 is 0 Å². The number of fused-ring (bicyclic) bond motifs is 1. The first-order valence-electron chi connectivity index (χ1n) is 3.56. The fourth-order valence-corrected chi connectivity index (χ4v) is 1.19. The van der Waals surface area contributed by atoms with Gasteiger partial charge in [0.05, 0.1) is 5.56 Å². The van der Waals surface area contributed by atoms with Crippen LogP contribution in [0.4, 0.5) is 0 Å². The summed E-state index contributed by atoms with van der Waals surface area (Å²) in [6.45, 7) is 0.0949. The van der Waals surface area contributed by atoms with Crippen LogP contribution in [0.15, 0.2) is 18.2 Å². The molecule has 0 fully saturated rings. The average Bonchev–Trinajstić information content (AvgIpc) is 2.47. The Balaban J connectivity index is 2.57. The third kappa shape index (κ3) is 0.906. The van der Waals surface area contributed by atoms with Crippen molar-refractivity contribution in [1.29, 1.82) is 0 Å². The zero-order valence-corrected chi connectivity index (χ0v) is 6.24. The maximum absolute atomic E-state index is 11.1. The summed E-state index contributed by atoms with van der Waals surface area (Å²) in [6, 6.07) is 4.83. The summed E-state index contributed by atoms with van der Waals surface area (Å²) in [5.74, 6) is 0.513. The molecule has 3 heteroatoms. The lowest BCUT2D eigenvalue weighted by Crippen LogP contribution is -1.99. The van der Waals surface area contributed by atoms with Crippen molar-refractivity contribution in [1.82, 2.24) is 0 Å². The van der Waals surface area contributed by atoms with E-state index in [1.54, 1.807) is 18.2 Å². The monoisotopic (exact) mass is 162 g/mol. The van der Waals surface area contributed by atoms with Crippen LogP contribution >= 0.6 is 0 Å². The molecule has 0 N–H and O–H groups in total. The van der Waals surface area contributed by atoms with Crippen LogP contribution in [0, 0.1) is 0 Å². The van der Waals surface area contributed by atoms with Gasteiger partial charge in [0.25, 0.3) is 0 Å². The summed E-state index contributed by atoms with van der Waals surface area (Å²) in [6.07, 6.45) is 0.714. The van der Waals surface area contributed by atoms with Crippen LogP contribution in [-0.4, -0.2) is 18.7 Å². The molecular weight excluding hydrogens is 156 g/mol. The van der Waals surface area contributed by atoms with Gasteiger partial charge in [-0.3, -0.25) is 9.59 Å². The highest BCUT2D eigenvalue weighted by Crippen LogP contribution is 2.25. The molecule has 0 atom stereocenters. The molecule has 0 spiro atoms. The van der Waals surface area contributed by atoms with Crippen LogP contribution in [-0.2, 0) is 0 Å². The van der Waals surface area contributed by atoms with E-state index in [0.29, 0.717) is 23.2 Å². The standard InChI is InChI=1S/C9H6O3/c10-4-6-1-2-9-7(3-6)8(11)5-12-9/h1-4H,5H2. The molecule has 0 saturated heterocycles. The SMILES string of the molecule is O=Cc1ccc2c(c1)C(=O)CO2. The van der Waals surface area contributed by atoms with Crippen LogP contribution in [0.3, 0.4) is 0 Å². The van der Waals surface area contributed by atoms with E-state index in [1.807, 2.05) is 0 Å². The van der Waals surface area contributed by atoms with Crippen molar-refractivity contribution in [2.45, 2.75) is 0 Å². The summed E-state index contributed by atoms with van der Waals surface area (Å²) in [5.41, 5.74) is 1.02. The lowest BCUT2D eigenvalue weighted by molar-refractivity contribution is 0.0961. The van der Waals surface area contributed by atoms with Gasteiger partial charge < -0.3 is 4.74 Å². The minimum atomic E-state index is -0.0614. The lowest BCUT2D eigenvalue weighted by Gasteiger charge is -1.95. The minimum absolute atomic E-state index is 0.0614. The van der Waals surface area contributed by atoms with Crippen LogP contribution in [0.1, 0.15) is 20.7 Å². The molecule has 0 amide bonds. The molecule has 2 rings (SSSR count). The molecular formula is C9H6O3. The summed E-state index contributed by atoms with van der Waals surface area (Å²) in [4.78, 5) is 21.5. The van der Waals surface area contributed by atoms with E-state index in [9.17, 15) is 9.59 Å². The maximum Gasteiger partial charge on any atom is 0.203 e. The number of aldehydes is 1. The lowest BCUT2D eigenvalue weighted by atomic mass is 10.1.